The first-order chi connectivity index (χ1) is 11.5. The first kappa shape index (κ1) is 16.5. The minimum atomic E-state index is -0.561. The van der Waals surface area contributed by atoms with Crippen LogP contribution >= 0.6 is 11.3 Å². The molecule has 0 spiro atoms. The molecule has 2 aromatic rings. The minimum absolute atomic E-state index is 0.105. The number of fused-ring (bicyclic) bond motifs is 1. The van der Waals surface area contributed by atoms with E-state index in [1.807, 2.05) is 12.1 Å². The van der Waals surface area contributed by atoms with Crippen LogP contribution in [0.25, 0.3) is 0 Å². The maximum absolute atomic E-state index is 12.5. The van der Waals surface area contributed by atoms with Gasteiger partial charge in [0.1, 0.15) is 0 Å². The topological polar surface area (TPSA) is 84.2 Å². The van der Waals surface area contributed by atoms with Crippen LogP contribution in [-0.2, 0) is 19.4 Å². The summed E-state index contributed by atoms with van der Waals surface area (Å²) < 4.78 is 0. The minimum Gasteiger partial charge on any atom is -0.352 e. The summed E-state index contributed by atoms with van der Waals surface area (Å²) in [6, 6.07) is 6.59. The molecule has 0 radical (unpaired) electrons. The van der Waals surface area contributed by atoms with Crippen LogP contribution in [0, 0.1) is 6.92 Å². The number of nitrogens with two attached hydrogens (primary N) is 1. The summed E-state index contributed by atoms with van der Waals surface area (Å²) >= 11 is 1.71. The number of urea groups is 1. The fourth-order valence-corrected chi connectivity index (χ4v) is 4.27. The number of carbonyl (C=O) groups excluding carboxylic acids is 2. The Labute approximate surface area is 145 Å². The molecule has 0 saturated carbocycles. The number of thiophene rings is 1. The molecule has 4 N–H and O–H groups in total. The molecule has 0 atom stereocenters. The van der Waals surface area contributed by atoms with Crippen LogP contribution in [0.4, 0.5) is 9.80 Å². The van der Waals surface area contributed by atoms with Crippen LogP contribution in [0.1, 0.15) is 44.8 Å². The van der Waals surface area contributed by atoms with E-state index in [0.717, 1.165) is 23.4 Å². The molecule has 3 amide bonds. The Morgan fingerprint density at radius 1 is 1.17 bits per heavy atom. The molecule has 1 aliphatic carbocycles. The van der Waals surface area contributed by atoms with Gasteiger partial charge in [0, 0.05) is 17.0 Å². The number of hydrogen-bond acceptors (Lipinski definition) is 3. The molecule has 3 rings (SSSR count). The zero-order chi connectivity index (χ0) is 17.1. The SMILES string of the molecule is Cc1c(NC(=O)c2ccc(CNC(N)=O)cc2)sc2c1CCCC2. The first-order valence-corrected chi connectivity index (χ1v) is 8.91. The molecule has 126 valence electrons. The Balaban J connectivity index is 1.69. The van der Waals surface area contributed by atoms with Crippen molar-refractivity contribution in [2.45, 2.75) is 39.2 Å². The molecule has 0 saturated heterocycles. The predicted molar refractivity (Wildman–Crippen MR) is 96.5 cm³/mol. The summed E-state index contributed by atoms with van der Waals surface area (Å²) in [4.78, 5) is 24.6. The van der Waals surface area contributed by atoms with Gasteiger partial charge in [-0.2, -0.15) is 0 Å². The molecule has 0 bridgehead atoms. The van der Waals surface area contributed by atoms with Crippen LogP contribution in [0.2, 0.25) is 0 Å². The highest BCUT2D eigenvalue weighted by atomic mass is 32.1. The summed E-state index contributed by atoms with van der Waals surface area (Å²) in [7, 11) is 0. The number of carbonyl (C=O) groups is 2. The third-order valence-corrected chi connectivity index (χ3v) is 5.65. The molecule has 0 unspecified atom stereocenters. The molecule has 1 aromatic carbocycles. The van der Waals surface area contributed by atoms with Crippen molar-refractivity contribution < 1.29 is 9.59 Å². The maximum atomic E-state index is 12.5. The second-order valence-corrected chi connectivity index (χ2v) is 7.14. The number of primary amides is 1. The smallest absolute Gasteiger partial charge is 0.312 e. The number of aryl methyl sites for hydroxylation is 1. The van der Waals surface area contributed by atoms with E-state index >= 15 is 0 Å². The van der Waals surface area contributed by atoms with E-state index in [-0.39, 0.29) is 5.91 Å². The monoisotopic (exact) mass is 343 g/mol. The van der Waals surface area contributed by atoms with Gasteiger partial charge in [-0.15, -0.1) is 11.3 Å². The quantitative estimate of drug-likeness (QED) is 0.795. The Morgan fingerprint density at radius 2 is 1.88 bits per heavy atom. The number of hydrogen-bond donors (Lipinski definition) is 3. The van der Waals surface area contributed by atoms with Crippen LogP contribution < -0.4 is 16.4 Å². The normalized spacial score (nSPS) is 13.2. The second kappa shape index (κ2) is 7.05. The highest BCUT2D eigenvalue weighted by Gasteiger charge is 2.19. The summed E-state index contributed by atoms with van der Waals surface area (Å²) in [5, 5.41) is 6.53. The van der Waals surface area contributed by atoms with Crippen LogP contribution in [0.3, 0.4) is 0 Å². The van der Waals surface area contributed by atoms with Gasteiger partial charge in [-0.1, -0.05) is 12.1 Å². The van der Waals surface area contributed by atoms with Crippen molar-refractivity contribution in [2.75, 3.05) is 5.32 Å². The predicted octanol–water partition coefficient (Wildman–Crippen LogP) is 3.36. The highest BCUT2D eigenvalue weighted by Crippen LogP contribution is 2.37. The third kappa shape index (κ3) is 3.59. The second-order valence-electron chi connectivity index (χ2n) is 6.03. The highest BCUT2D eigenvalue weighted by molar-refractivity contribution is 7.16. The third-order valence-electron chi connectivity index (χ3n) is 4.35. The van der Waals surface area contributed by atoms with Crippen molar-refractivity contribution >= 4 is 28.3 Å². The zero-order valence-electron chi connectivity index (χ0n) is 13.6. The lowest BCUT2D eigenvalue weighted by Crippen LogP contribution is -2.28. The van der Waals surface area contributed by atoms with Crippen molar-refractivity contribution in [3.8, 4) is 0 Å². The Morgan fingerprint density at radius 3 is 2.54 bits per heavy atom. The number of benzene rings is 1. The molecule has 0 aliphatic heterocycles. The summed E-state index contributed by atoms with van der Waals surface area (Å²) in [6.07, 6.45) is 4.72. The molecule has 1 aliphatic rings. The van der Waals surface area contributed by atoms with Gasteiger partial charge in [0.25, 0.3) is 5.91 Å². The van der Waals surface area contributed by atoms with Crippen molar-refractivity contribution in [1.82, 2.24) is 5.32 Å². The fourth-order valence-electron chi connectivity index (χ4n) is 2.98. The van der Waals surface area contributed by atoms with E-state index in [0.29, 0.717) is 12.1 Å². The van der Waals surface area contributed by atoms with Crippen LogP contribution in [0.5, 0.6) is 0 Å². The lowest BCUT2D eigenvalue weighted by atomic mass is 9.96. The molecular formula is C18H21N3O2S. The van der Waals surface area contributed by atoms with E-state index in [2.05, 4.69) is 17.6 Å². The average molecular weight is 343 g/mol. The number of nitrogens with one attached hydrogen (secondary N) is 2. The maximum Gasteiger partial charge on any atom is 0.312 e. The van der Waals surface area contributed by atoms with Crippen LogP contribution in [0.15, 0.2) is 24.3 Å². The van der Waals surface area contributed by atoms with Gasteiger partial charge in [0.15, 0.2) is 0 Å². The van der Waals surface area contributed by atoms with Gasteiger partial charge >= 0.3 is 6.03 Å². The van der Waals surface area contributed by atoms with Gasteiger partial charge in [0.2, 0.25) is 0 Å². The molecule has 24 heavy (non-hydrogen) atoms. The average Bonchev–Trinajstić information content (AvgIpc) is 2.90. The van der Waals surface area contributed by atoms with Gasteiger partial charge in [-0.3, -0.25) is 4.79 Å². The molecule has 1 heterocycles. The molecule has 6 heteroatoms. The lowest BCUT2D eigenvalue weighted by molar-refractivity contribution is 0.102. The van der Waals surface area contributed by atoms with E-state index in [4.69, 9.17) is 5.73 Å². The Bertz CT molecular complexity index is 765. The van der Waals surface area contributed by atoms with Gasteiger partial charge in [-0.05, 0) is 61.4 Å². The van der Waals surface area contributed by atoms with Crippen LogP contribution in [-0.4, -0.2) is 11.9 Å². The molecule has 5 nitrogen and oxygen atoms in total. The summed E-state index contributed by atoms with van der Waals surface area (Å²) in [5.41, 5.74) is 9.18. The lowest BCUT2D eigenvalue weighted by Gasteiger charge is -2.10. The zero-order valence-corrected chi connectivity index (χ0v) is 14.5. The van der Waals surface area contributed by atoms with E-state index in [1.54, 1.807) is 23.5 Å². The standard InChI is InChI=1S/C18H21N3O2S/c1-11-14-4-2-3-5-15(14)24-17(11)21-16(22)13-8-6-12(7-9-13)10-20-18(19)23/h6-9H,2-5,10H2,1H3,(H,21,22)(H3,19,20,23). The van der Waals surface area contributed by atoms with Crippen molar-refractivity contribution in [3.05, 3.63) is 51.4 Å². The number of amides is 3. The Hall–Kier alpha value is -2.34. The van der Waals surface area contributed by atoms with Gasteiger partial charge in [0.05, 0.1) is 5.00 Å². The van der Waals surface area contributed by atoms with Gasteiger partial charge < -0.3 is 16.4 Å². The number of rotatable bonds is 4. The van der Waals surface area contributed by atoms with E-state index in [9.17, 15) is 9.59 Å². The van der Waals surface area contributed by atoms with E-state index < -0.39 is 6.03 Å². The van der Waals surface area contributed by atoms with Crippen molar-refractivity contribution in [2.24, 2.45) is 5.73 Å². The molecule has 0 fully saturated rings. The summed E-state index contributed by atoms with van der Waals surface area (Å²) in [6.45, 7) is 2.45. The summed E-state index contributed by atoms with van der Waals surface area (Å²) in [5.74, 6) is -0.105. The largest absolute Gasteiger partial charge is 0.352 e. The fraction of sp³-hybridized carbons (Fsp3) is 0.333. The molecular weight excluding hydrogens is 322 g/mol. The Kier molecular flexibility index (Phi) is 4.85. The van der Waals surface area contributed by atoms with E-state index in [1.165, 1.54) is 28.8 Å². The van der Waals surface area contributed by atoms with Crippen molar-refractivity contribution in [1.29, 1.82) is 0 Å². The van der Waals surface area contributed by atoms with Crippen molar-refractivity contribution in [3.63, 3.8) is 0 Å². The molecule has 1 aromatic heterocycles. The number of anilines is 1. The first-order valence-electron chi connectivity index (χ1n) is 8.09. The van der Waals surface area contributed by atoms with Gasteiger partial charge in [-0.25, -0.2) is 4.79 Å².